The highest BCUT2D eigenvalue weighted by molar-refractivity contribution is 5.44. The van der Waals surface area contributed by atoms with Crippen LogP contribution >= 0.6 is 0 Å². The summed E-state index contributed by atoms with van der Waals surface area (Å²) in [5.74, 6) is -1.32. The number of halogens is 2. The summed E-state index contributed by atoms with van der Waals surface area (Å²) in [7, 11) is 0. The maximum absolute atomic E-state index is 13.5. The molecule has 2 N–H and O–H groups in total. The summed E-state index contributed by atoms with van der Waals surface area (Å²) in [4.78, 5) is 3.47. The fourth-order valence-electron chi connectivity index (χ4n) is 2.77. The van der Waals surface area contributed by atoms with Crippen LogP contribution in [-0.2, 0) is 6.42 Å². The van der Waals surface area contributed by atoms with Gasteiger partial charge < -0.3 is 10.6 Å². The summed E-state index contributed by atoms with van der Waals surface area (Å²) < 4.78 is 26.9. The molecule has 0 saturated heterocycles. The number of hydrogen-bond donors (Lipinski definition) is 2. The van der Waals surface area contributed by atoms with Crippen LogP contribution in [0, 0.1) is 11.6 Å². The van der Waals surface area contributed by atoms with E-state index in [1.807, 2.05) is 12.1 Å². The molecule has 2 heterocycles. The minimum absolute atomic E-state index is 0.103. The zero-order chi connectivity index (χ0) is 14.7. The number of rotatable bonds is 4. The second-order valence-electron chi connectivity index (χ2n) is 5.15. The standard InChI is InChI=1S/C16H17F2N3/c17-13-9-19-10-14(18)16(13)21-8-6-15-12-4-2-1-3-11(12)5-7-20-15/h1-4,9-10,15,20H,5-8H2,(H,19,21). The van der Waals surface area contributed by atoms with Crippen molar-refractivity contribution in [2.75, 3.05) is 18.4 Å². The van der Waals surface area contributed by atoms with Crippen molar-refractivity contribution >= 4 is 5.69 Å². The van der Waals surface area contributed by atoms with Crippen molar-refractivity contribution in [2.45, 2.75) is 18.9 Å². The van der Waals surface area contributed by atoms with E-state index in [-0.39, 0.29) is 11.7 Å². The Morgan fingerprint density at radius 2 is 1.95 bits per heavy atom. The highest BCUT2D eigenvalue weighted by Gasteiger charge is 2.19. The number of fused-ring (bicyclic) bond motifs is 1. The normalized spacial score (nSPS) is 17.3. The minimum Gasteiger partial charge on any atom is -0.380 e. The molecule has 1 aromatic carbocycles. The molecule has 1 atom stereocenters. The van der Waals surface area contributed by atoms with E-state index in [4.69, 9.17) is 0 Å². The lowest BCUT2D eigenvalue weighted by molar-refractivity contribution is 0.484. The lowest BCUT2D eigenvalue weighted by Gasteiger charge is -2.27. The van der Waals surface area contributed by atoms with Crippen molar-refractivity contribution in [3.8, 4) is 0 Å². The summed E-state index contributed by atoms with van der Waals surface area (Å²) >= 11 is 0. The van der Waals surface area contributed by atoms with E-state index in [1.165, 1.54) is 11.1 Å². The quantitative estimate of drug-likeness (QED) is 0.908. The predicted octanol–water partition coefficient (Wildman–Crippen LogP) is 3.05. The first-order chi connectivity index (χ1) is 10.3. The lowest BCUT2D eigenvalue weighted by Crippen LogP contribution is -2.31. The third kappa shape index (κ3) is 3.03. The zero-order valence-corrected chi connectivity index (χ0v) is 11.6. The van der Waals surface area contributed by atoms with Crippen molar-refractivity contribution in [3.05, 3.63) is 59.4 Å². The Morgan fingerprint density at radius 1 is 1.19 bits per heavy atom. The Labute approximate surface area is 122 Å². The predicted molar refractivity (Wildman–Crippen MR) is 78.1 cm³/mol. The van der Waals surface area contributed by atoms with E-state index in [2.05, 4.69) is 27.8 Å². The van der Waals surface area contributed by atoms with Gasteiger partial charge in [-0.3, -0.25) is 4.98 Å². The molecule has 1 aliphatic rings. The van der Waals surface area contributed by atoms with Crippen LogP contribution in [0.25, 0.3) is 0 Å². The molecule has 110 valence electrons. The Balaban J connectivity index is 1.64. The summed E-state index contributed by atoms with van der Waals surface area (Å²) in [6.45, 7) is 1.42. The minimum atomic E-state index is -0.660. The van der Waals surface area contributed by atoms with E-state index < -0.39 is 11.6 Å². The van der Waals surface area contributed by atoms with Crippen LogP contribution in [0.1, 0.15) is 23.6 Å². The first kappa shape index (κ1) is 13.9. The smallest absolute Gasteiger partial charge is 0.167 e. The molecular weight excluding hydrogens is 272 g/mol. The van der Waals surface area contributed by atoms with Crippen molar-refractivity contribution in [3.63, 3.8) is 0 Å². The van der Waals surface area contributed by atoms with E-state index in [1.54, 1.807) is 0 Å². The molecule has 2 aromatic rings. The van der Waals surface area contributed by atoms with Crippen LogP contribution in [0.4, 0.5) is 14.5 Å². The first-order valence-corrected chi connectivity index (χ1v) is 7.10. The van der Waals surface area contributed by atoms with E-state index in [0.717, 1.165) is 31.8 Å². The van der Waals surface area contributed by atoms with Crippen molar-refractivity contribution in [2.24, 2.45) is 0 Å². The van der Waals surface area contributed by atoms with Gasteiger partial charge in [-0.05, 0) is 30.5 Å². The lowest BCUT2D eigenvalue weighted by atomic mass is 9.92. The van der Waals surface area contributed by atoms with Gasteiger partial charge in [-0.1, -0.05) is 24.3 Å². The van der Waals surface area contributed by atoms with Crippen LogP contribution in [0.15, 0.2) is 36.7 Å². The Morgan fingerprint density at radius 3 is 2.76 bits per heavy atom. The number of aromatic nitrogens is 1. The summed E-state index contributed by atoms with van der Waals surface area (Å²) in [5, 5.41) is 6.28. The second-order valence-corrected chi connectivity index (χ2v) is 5.15. The van der Waals surface area contributed by atoms with Gasteiger partial charge in [0, 0.05) is 12.6 Å². The first-order valence-electron chi connectivity index (χ1n) is 7.10. The van der Waals surface area contributed by atoms with Gasteiger partial charge in [0.2, 0.25) is 0 Å². The summed E-state index contributed by atoms with van der Waals surface area (Å²) in [6.07, 6.45) is 3.81. The highest BCUT2D eigenvalue weighted by atomic mass is 19.1. The molecule has 0 spiro atoms. The van der Waals surface area contributed by atoms with Gasteiger partial charge in [0.25, 0.3) is 0 Å². The maximum atomic E-state index is 13.5. The SMILES string of the molecule is Fc1cncc(F)c1NCCC1NCCc2ccccc21. The average molecular weight is 289 g/mol. The molecular formula is C16H17F2N3. The number of hydrogen-bond acceptors (Lipinski definition) is 3. The second kappa shape index (κ2) is 6.18. The van der Waals surface area contributed by atoms with Gasteiger partial charge in [-0.15, -0.1) is 0 Å². The van der Waals surface area contributed by atoms with E-state index in [9.17, 15) is 8.78 Å². The van der Waals surface area contributed by atoms with Crippen LogP contribution in [0.2, 0.25) is 0 Å². The molecule has 0 radical (unpaired) electrons. The Hall–Kier alpha value is -2.01. The van der Waals surface area contributed by atoms with Gasteiger partial charge in [-0.2, -0.15) is 0 Å². The zero-order valence-electron chi connectivity index (χ0n) is 11.6. The van der Waals surface area contributed by atoms with Crippen LogP contribution in [0.3, 0.4) is 0 Å². The molecule has 0 saturated carbocycles. The van der Waals surface area contributed by atoms with Gasteiger partial charge in [-0.25, -0.2) is 8.78 Å². The molecule has 0 bridgehead atoms. The fraction of sp³-hybridized carbons (Fsp3) is 0.312. The molecule has 1 aromatic heterocycles. The maximum Gasteiger partial charge on any atom is 0.167 e. The summed E-state index contributed by atoms with van der Waals surface area (Å²) in [6, 6.07) is 8.53. The molecule has 0 aliphatic carbocycles. The molecule has 0 fully saturated rings. The Bertz CT molecular complexity index is 610. The number of anilines is 1. The van der Waals surface area contributed by atoms with Crippen molar-refractivity contribution < 1.29 is 8.78 Å². The van der Waals surface area contributed by atoms with Crippen LogP contribution in [0.5, 0.6) is 0 Å². The van der Waals surface area contributed by atoms with Crippen molar-refractivity contribution in [1.29, 1.82) is 0 Å². The third-order valence-electron chi connectivity index (χ3n) is 3.80. The number of nitrogens with one attached hydrogen (secondary N) is 2. The molecule has 1 unspecified atom stereocenters. The van der Waals surface area contributed by atoms with Crippen LogP contribution in [-0.4, -0.2) is 18.1 Å². The van der Waals surface area contributed by atoms with Gasteiger partial charge in [0.15, 0.2) is 11.6 Å². The fourth-order valence-corrected chi connectivity index (χ4v) is 2.77. The topological polar surface area (TPSA) is 37.0 Å². The van der Waals surface area contributed by atoms with Crippen molar-refractivity contribution in [1.82, 2.24) is 10.3 Å². The van der Waals surface area contributed by atoms with Crippen LogP contribution < -0.4 is 10.6 Å². The molecule has 3 nitrogen and oxygen atoms in total. The number of nitrogens with zero attached hydrogens (tertiary/aromatic N) is 1. The van der Waals surface area contributed by atoms with Gasteiger partial charge in [0.05, 0.1) is 12.4 Å². The third-order valence-corrected chi connectivity index (χ3v) is 3.80. The van der Waals surface area contributed by atoms with E-state index in [0.29, 0.717) is 6.54 Å². The van der Waals surface area contributed by atoms with Gasteiger partial charge in [0.1, 0.15) is 5.69 Å². The highest BCUT2D eigenvalue weighted by Crippen LogP contribution is 2.25. The Kier molecular flexibility index (Phi) is 4.10. The molecule has 21 heavy (non-hydrogen) atoms. The molecule has 5 heteroatoms. The number of benzene rings is 1. The number of pyridine rings is 1. The average Bonchev–Trinajstić information content (AvgIpc) is 2.50. The van der Waals surface area contributed by atoms with E-state index >= 15 is 0 Å². The molecule has 3 rings (SSSR count). The largest absolute Gasteiger partial charge is 0.380 e. The molecule has 0 amide bonds. The monoisotopic (exact) mass is 289 g/mol. The van der Waals surface area contributed by atoms with Gasteiger partial charge >= 0.3 is 0 Å². The summed E-state index contributed by atoms with van der Waals surface area (Å²) in [5.41, 5.74) is 2.53. The molecule has 1 aliphatic heterocycles.